The van der Waals surface area contributed by atoms with Crippen molar-refractivity contribution in [3.63, 3.8) is 0 Å². The number of rotatable bonds is 14. The predicted molar refractivity (Wildman–Crippen MR) is 98.8 cm³/mol. The standard InChI is InChI=1S/C20H40N2.BrH/c1-4-6-8-10-12-14-16-21-18-19-22(20(21)3)17-15-13-11-9-7-5-2;/h18-20H,4-17H2,1-3H3;1H/p-1. The molecular weight excluding hydrogens is 348 g/mol. The van der Waals surface area contributed by atoms with Gasteiger partial charge < -0.3 is 26.8 Å². The molecule has 0 unspecified atom stereocenters. The van der Waals surface area contributed by atoms with E-state index in [9.17, 15) is 0 Å². The van der Waals surface area contributed by atoms with E-state index in [1.165, 1.54) is 90.1 Å². The van der Waals surface area contributed by atoms with Crippen molar-refractivity contribution in [2.45, 2.75) is 104 Å². The first-order valence-electron chi connectivity index (χ1n) is 9.99. The molecule has 0 saturated heterocycles. The fourth-order valence-electron chi connectivity index (χ4n) is 3.28. The molecule has 0 aromatic carbocycles. The van der Waals surface area contributed by atoms with Crippen molar-refractivity contribution in [3.05, 3.63) is 12.4 Å². The Labute approximate surface area is 156 Å². The van der Waals surface area contributed by atoms with E-state index in [0.717, 1.165) is 0 Å². The molecule has 0 radical (unpaired) electrons. The third-order valence-electron chi connectivity index (χ3n) is 4.95. The average molecular weight is 388 g/mol. The molecule has 0 aromatic rings. The van der Waals surface area contributed by atoms with Crippen molar-refractivity contribution < 1.29 is 17.0 Å². The summed E-state index contributed by atoms with van der Waals surface area (Å²) in [6, 6.07) is 0. The zero-order chi connectivity index (χ0) is 16.0. The van der Waals surface area contributed by atoms with Crippen LogP contribution in [-0.4, -0.2) is 29.1 Å². The van der Waals surface area contributed by atoms with E-state index in [1.807, 2.05) is 0 Å². The van der Waals surface area contributed by atoms with Gasteiger partial charge in [-0.15, -0.1) is 0 Å². The second kappa shape index (κ2) is 15.4. The number of halogens is 1. The van der Waals surface area contributed by atoms with E-state index < -0.39 is 0 Å². The van der Waals surface area contributed by atoms with Gasteiger partial charge in [0.15, 0.2) is 0 Å². The van der Waals surface area contributed by atoms with Crippen molar-refractivity contribution in [2.24, 2.45) is 0 Å². The van der Waals surface area contributed by atoms with Gasteiger partial charge in [0.25, 0.3) is 0 Å². The fraction of sp³-hybridized carbons (Fsp3) is 0.900. The summed E-state index contributed by atoms with van der Waals surface area (Å²) in [5, 5.41) is 0. The van der Waals surface area contributed by atoms with E-state index >= 15 is 0 Å². The molecule has 138 valence electrons. The molecular formula is C20H40BrN2-. The zero-order valence-corrected chi connectivity index (χ0v) is 17.5. The van der Waals surface area contributed by atoms with Crippen LogP contribution < -0.4 is 17.0 Å². The Kier molecular flexibility index (Phi) is 15.2. The summed E-state index contributed by atoms with van der Waals surface area (Å²) in [5.41, 5.74) is 0. The Morgan fingerprint density at radius 1 is 0.609 bits per heavy atom. The minimum Gasteiger partial charge on any atom is -1.00 e. The minimum absolute atomic E-state index is 0. The van der Waals surface area contributed by atoms with Gasteiger partial charge in [0.1, 0.15) is 0 Å². The quantitative estimate of drug-likeness (QED) is 0.422. The lowest BCUT2D eigenvalue weighted by Crippen LogP contribution is -3.00. The summed E-state index contributed by atoms with van der Waals surface area (Å²) in [6.45, 7) is 9.39. The van der Waals surface area contributed by atoms with E-state index in [1.54, 1.807) is 0 Å². The van der Waals surface area contributed by atoms with Crippen LogP contribution in [-0.2, 0) is 0 Å². The Bertz CT molecular complexity index is 255. The third-order valence-corrected chi connectivity index (χ3v) is 4.95. The van der Waals surface area contributed by atoms with Gasteiger partial charge in [-0.05, 0) is 19.8 Å². The van der Waals surface area contributed by atoms with Crippen molar-refractivity contribution in [3.8, 4) is 0 Å². The second-order valence-corrected chi connectivity index (χ2v) is 6.94. The first kappa shape index (κ1) is 22.8. The lowest BCUT2D eigenvalue weighted by molar-refractivity contribution is -0.00000510. The van der Waals surface area contributed by atoms with Crippen LogP contribution in [0.25, 0.3) is 0 Å². The largest absolute Gasteiger partial charge is 1.00 e. The second-order valence-electron chi connectivity index (χ2n) is 6.94. The minimum atomic E-state index is 0. The number of hydrogen-bond acceptors (Lipinski definition) is 2. The Balaban J connectivity index is 0.00000484. The van der Waals surface area contributed by atoms with Crippen LogP contribution in [0.1, 0.15) is 97.8 Å². The van der Waals surface area contributed by atoms with Gasteiger partial charge in [-0.3, -0.25) is 0 Å². The maximum atomic E-state index is 2.52. The van der Waals surface area contributed by atoms with Gasteiger partial charge >= 0.3 is 0 Å². The van der Waals surface area contributed by atoms with Crippen LogP contribution in [0.4, 0.5) is 0 Å². The molecule has 0 bridgehead atoms. The first-order chi connectivity index (χ1) is 10.8. The van der Waals surface area contributed by atoms with E-state index in [-0.39, 0.29) is 17.0 Å². The van der Waals surface area contributed by atoms with Crippen LogP contribution in [0.2, 0.25) is 0 Å². The highest BCUT2D eigenvalue weighted by Crippen LogP contribution is 2.18. The topological polar surface area (TPSA) is 6.48 Å². The summed E-state index contributed by atoms with van der Waals surface area (Å²) in [6.07, 6.45) is 21.9. The Morgan fingerprint density at radius 2 is 0.957 bits per heavy atom. The molecule has 0 atom stereocenters. The van der Waals surface area contributed by atoms with Crippen LogP contribution in [0.5, 0.6) is 0 Å². The molecule has 1 heterocycles. The van der Waals surface area contributed by atoms with Gasteiger partial charge in [-0.2, -0.15) is 0 Å². The van der Waals surface area contributed by atoms with Crippen molar-refractivity contribution >= 4 is 0 Å². The molecule has 0 aliphatic carbocycles. The molecule has 1 aliphatic heterocycles. The van der Waals surface area contributed by atoms with Crippen molar-refractivity contribution in [2.75, 3.05) is 13.1 Å². The first-order valence-corrected chi connectivity index (χ1v) is 9.99. The summed E-state index contributed by atoms with van der Waals surface area (Å²) < 4.78 is 0. The summed E-state index contributed by atoms with van der Waals surface area (Å²) in [4.78, 5) is 5.05. The molecule has 0 amide bonds. The lowest BCUT2D eigenvalue weighted by atomic mass is 10.1. The molecule has 0 saturated carbocycles. The van der Waals surface area contributed by atoms with Gasteiger partial charge in [0.2, 0.25) is 0 Å². The average Bonchev–Trinajstić information content (AvgIpc) is 2.87. The van der Waals surface area contributed by atoms with Gasteiger partial charge in [0.05, 0.1) is 6.17 Å². The molecule has 0 N–H and O–H groups in total. The summed E-state index contributed by atoms with van der Waals surface area (Å²) >= 11 is 0. The third kappa shape index (κ3) is 10.3. The predicted octanol–water partition coefficient (Wildman–Crippen LogP) is 3.15. The number of nitrogens with zero attached hydrogens (tertiary/aromatic N) is 2. The van der Waals surface area contributed by atoms with Crippen LogP contribution in [0.15, 0.2) is 12.4 Å². The Hall–Kier alpha value is -0.180. The van der Waals surface area contributed by atoms with Crippen LogP contribution in [0, 0.1) is 0 Å². The van der Waals surface area contributed by atoms with Gasteiger partial charge in [-0.1, -0.05) is 78.1 Å². The zero-order valence-electron chi connectivity index (χ0n) is 15.9. The van der Waals surface area contributed by atoms with Gasteiger partial charge in [-0.25, -0.2) is 0 Å². The highest BCUT2D eigenvalue weighted by Gasteiger charge is 2.20. The molecule has 2 nitrogen and oxygen atoms in total. The summed E-state index contributed by atoms with van der Waals surface area (Å²) in [5.74, 6) is 0. The molecule has 0 fully saturated rings. The SMILES string of the molecule is CCCCCCCCN1C=CN(CCCCCCCC)C1C.[Br-]. The summed E-state index contributed by atoms with van der Waals surface area (Å²) in [7, 11) is 0. The van der Waals surface area contributed by atoms with Gasteiger partial charge in [0, 0.05) is 25.5 Å². The normalized spacial score (nSPS) is 14.6. The molecule has 1 aliphatic rings. The highest BCUT2D eigenvalue weighted by molar-refractivity contribution is 4.95. The molecule has 1 rings (SSSR count). The maximum Gasteiger partial charge on any atom is 0.0977 e. The van der Waals surface area contributed by atoms with E-state index in [0.29, 0.717) is 6.17 Å². The maximum absolute atomic E-state index is 2.52. The number of hydrogen-bond donors (Lipinski definition) is 0. The van der Waals surface area contributed by atoms with Crippen molar-refractivity contribution in [1.29, 1.82) is 0 Å². The smallest absolute Gasteiger partial charge is 0.0977 e. The van der Waals surface area contributed by atoms with Crippen LogP contribution in [0.3, 0.4) is 0 Å². The fourth-order valence-corrected chi connectivity index (χ4v) is 3.28. The van der Waals surface area contributed by atoms with Crippen LogP contribution >= 0.6 is 0 Å². The van der Waals surface area contributed by atoms with Crippen molar-refractivity contribution in [1.82, 2.24) is 9.80 Å². The molecule has 23 heavy (non-hydrogen) atoms. The molecule has 3 heteroatoms. The van der Waals surface area contributed by atoms with E-state index in [4.69, 9.17) is 0 Å². The molecule has 0 spiro atoms. The monoisotopic (exact) mass is 387 g/mol. The highest BCUT2D eigenvalue weighted by atomic mass is 79.9. The van der Waals surface area contributed by atoms with E-state index in [2.05, 4.69) is 43.0 Å². The lowest BCUT2D eigenvalue weighted by Gasteiger charge is -2.30. The molecule has 0 aromatic heterocycles. The number of unbranched alkanes of at least 4 members (excludes halogenated alkanes) is 10. The Morgan fingerprint density at radius 3 is 1.35 bits per heavy atom.